The zero-order valence-corrected chi connectivity index (χ0v) is 9.12. The van der Waals surface area contributed by atoms with Gasteiger partial charge in [-0.05, 0) is 31.8 Å². The summed E-state index contributed by atoms with van der Waals surface area (Å²) in [5, 5.41) is 0. The minimum Gasteiger partial charge on any atom is -0.293 e. The Hall–Kier alpha value is -0.610. The van der Waals surface area contributed by atoms with Gasteiger partial charge in [-0.3, -0.25) is 15.1 Å². The fourth-order valence-electron chi connectivity index (χ4n) is 2.17. The molecule has 82 valence electrons. The molecule has 1 aliphatic rings. The number of hydrogen-bond acceptors (Lipinski definition) is 3. The molecule has 1 heterocycles. The van der Waals surface area contributed by atoms with Gasteiger partial charge in [0.15, 0.2) is 0 Å². The predicted octanol–water partition coefficient (Wildman–Crippen LogP) is 0.487. The van der Waals surface area contributed by atoms with Crippen molar-refractivity contribution < 1.29 is 4.79 Å². The maximum Gasteiger partial charge on any atom is 0.251 e. The molecule has 4 heteroatoms. The highest BCUT2D eigenvalue weighted by atomic mass is 16.2. The molecule has 14 heavy (non-hydrogen) atoms. The van der Waals surface area contributed by atoms with Gasteiger partial charge in [0.1, 0.15) is 0 Å². The average Bonchev–Trinajstić information content (AvgIpc) is 2.19. The molecule has 0 aliphatic carbocycles. The second kappa shape index (κ2) is 5.32. The number of hydrogen-bond donors (Lipinski definition) is 2. The Morgan fingerprint density at radius 3 is 2.29 bits per heavy atom. The van der Waals surface area contributed by atoms with Crippen molar-refractivity contribution in [2.75, 3.05) is 13.1 Å². The van der Waals surface area contributed by atoms with Crippen molar-refractivity contribution in [1.29, 1.82) is 0 Å². The van der Waals surface area contributed by atoms with Crippen LogP contribution < -0.4 is 11.3 Å². The fourth-order valence-corrected chi connectivity index (χ4v) is 2.17. The van der Waals surface area contributed by atoms with E-state index in [9.17, 15) is 4.79 Å². The van der Waals surface area contributed by atoms with Gasteiger partial charge in [0.2, 0.25) is 0 Å². The summed E-state index contributed by atoms with van der Waals surface area (Å²) in [6.07, 6.45) is 3.67. The molecular formula is C10H21N3O. The molecular weight excluding hydrogens is 178 g/mol. The van der Waals surface area contributed by atoms with E-state index in [4.69, 9.17) is 5.84 Å². The van der Waals surface area contributed by atoms with E-state index in [0.29, 0.717) is 5.92 Å². The van der Waals surface area contributed by atoms with Crippen LogP contribution >= 0.6 is 0 Å². The lowest BCUT2D eigenvalue weighted by molar-refractivity contribution is -0.128. The average molecular weight is 199 g/mol. The molecule has 1 rings (SSSR count). The van der Waals surface area contributed by atoms with Crippen LogP contribution in [0.25, 0.3) is 0 Å². The molecule has 1 saturated heterocycles. The highest BCUT2D eigenvalue weighted by molar-refractivity contribution is 5.81. The third kappa shape index (κ3) is 2.69. The van der Waals surface area contributed by atoms with Crippen molar-refractivity contribution in [3.05, 3.63) is 0 Å². The number of carbonyl (C=O) groups excluding carboxylic acids is 1. The lowest BCUT2D eigenvalue weighted by Gasteiger charge is -2.35. The number of likely N-dealkylation sites (tertiary alicyclic amines) is 1. The summed E-state index contributed by atoms with van der Waals surface area (Å²) < 4.78 is 0. The van der Waals surface area contributed by atoms with Crippen molar-refractivity contribution in [2.45, 2.75) is 39.2 Å². The summed E-state index contributed by atoms with van der Waals surface area (Å²) >= 11 is 0. The summed E-state index contributed by atoms with van der Waals surface area (Å²) in [5.41, 5.74) is 2.26. The topological polar surface area (TPSA) is 58.4 Å². The van der Waals surface area contributed by atoms with E-state index in [1.54, 1.807) is 0 Å². The molecule has 0 aromatic heterocycles. The first-order valence-electron chi connectivity index (χ1n) is 5.41. The molecule has 3 N–H and O–H groups in total. The number of nitrogens with one attached hydrogen (secondary N) is 1. The van der Waals surface area contributed by atoms with E-state index in [2.05, 4.69) is 24.2 Å². The number of carbonyl (C=O) groups is 1. The van der Waals surface area contributed by atoms with Crippen LogP contribution in [-0.4, -0.2) is 29.9 Å². The molecule has 1 atom stereocenters. The minimum absolute atomic E-state index is 0.0538. The molecule has 0 spiro atoms. The van der Waals surface area contributed by atoms with Gasteiger partial charge >= 0.3 is 0 Å². The summed E-state index contributed by atoms with van der Waals surface area (Å²) in [5.74, 6) is 5.45. The number of piperidine rings is 1. The Labute approximate surface area is 85.8 Å². The maximum absolute atomic E-state index is 11.6. The van der Waals surface area contributed by atoms with Gasteiger partial charge in [0.25, 0.3) is 5.91 Å². The molecule has 0 saturated carbocycles. The first-order valence-corrected chi connectivity index (χ1v) is 5.41. The second-order valence-electron chi connectivity index (χ2n) is 4.29. The molecule has 0 radical (unpaired) electrons. The minimum atomic E-state index is -0.0553. The Morgan fingerprint density at radius 1 is 1.29 bits per heavy atom. The van der Waals surface area contributed by atoms with Crippen LogP contribution in [0, 0.1) is 5.92 Å². The molecule has 1 aliphatic heterocycles. The summed E-state index contributed by atoms with van der Waals surface area (Å²) in [7, 11) is 0. The van der Waals surface area contributed by atoms with Crippen LogP contribution in [0.1, 0.15) is 33.1 Å². The molecule has 4 nitrogen and oxygen atoms in total. The van der Waals surface area contributed by atoms with Crippen molar-refractivity contribution in [3.63, 3.8) is 0 Å². The maximum atomic E-state index is 11.6. The Balaban J connectivity index is 2.60. The van der Waals surface area contributed by atoms with Gasteiger partial charge in [0, 0.05) is 0 Å². The molecule has 1 fully saturated rings. The van der Waals surface area contributed by atoms with Crippen molar-refractivity contribution in [2.24, 2.45) is 11.8 Å². The highest BCUT2D eigenvalue weighted by Crippen LogP contribution is 2.17. The van der Waals surface area contributed by atoms with Crippen LogP contribution in [-0.2, 0) is 4.79 Å². The van der Waals surface area contributed by atoms with Crippen LogP contribution in [0.4, 0.5) is 0 Å². The molecule has 0 bridgehead atoms. The van der Waals surface area contributed by atoms with Crippen molar-refractivity contribution in [1.82, 2.24) is 10.3 Å². The standard InChI is InChI=1S/C10H21N3O/c1-8(2)9(10(14)12-11)13-6-4-3-5-7-13/h8-9H,3-7,11H2,1-2H3,(H,12,14). The van der Waals surface area contributed by atoms with Gasteiger partial charge in [0.05, 0.1) is 6.04 Å². The number of nitrogens with zero attached hydrogens (tertiary/aromatic N) is 1. The van der Waals surface area contributed by atoms with Gasteiger partial charge in [-0.2, -0.15) is 0 Å². The van der Waals surface area contributed by atoms with Crippen LogP contribution in [0.5, 0.6) is 0 Å². The molecule has 0 aromatic rings. The zero-order valence-electron chi connectivity index (χ0n) is 9.12. The zero-order chi connectivity index (χ0) is 10.6. The lowest BCUT2D eigenvalue weighted by atomic mass is 9.99. The first-order chi connectivity index (χ1) is 6.66. The van der Waals surface area contributed by atoms with Crippen LogP contribution in [0.3, 0.4) is 0 Å². The molecule has 0 aromatic carbocycles. The largest absolute Gasteiger partial charge is 0.293 e. The van der Waals surface area contributed by atoms with Gasteiger partial charge in [-0.1, -0.05) is 20.3 Å². The predicted molar refractivity (Wildman–Crippen MR) is 56.4 cm³/mol. The highest BCUT2D eigenvalue weighted by Gasteiger charge is 2.28. The number of hydrazine groups is 1. The molecule has 1 unspecified atom stereocenters. The number of rotatable bonds is 3. The first kappa shape index (κ1) is 11.5. The second-order valence-corrected chi connectivity index (χ2v) is 4.29. The fraction of sp³-hybridized carbons (Fsp3) is 0.900. The quantitative estimate of drug-likeness (QED) is 0.395. The van der Waals surface area contributed by atoms with E-state index in [1.165, 1.54) is 19.3 Å². The van der Waals surface area contributed by atoms with E-state index in [0.717, 1.165) is 13.1 Å². The van der Waals surface area contributed by atoms with E-state index < -0.39 is 0 Å². The van der Waals surface area contributed by atoms with Crippen molar-refractivity contribution >= 4 is 5.91 Å². The summed E-state index contributed by atoms with van der Waals surface area (Å²) in [6.45, 7) is 6.18. The van der Waals surface area contributed by atoms with Gasteiger partial charge in [-0.25, -0.2) is 5.84 Å². The number of amides is 1. The van der Waals surface area contributed by atoms with E-state index in [1.807, 2.05) is 0 Å². The van der Waals surface area contributed by atoms with E-state index >= 15 is 0 Å². The van der Waals surface area contributed by atoms with Gasteiger partial charge < -0.3 is 0 Å². The Bertz CT molecular complexity index is 188. The Morgan fingerprint density at radius 2 is 1.86 bits per heavy atom. The van der Waals surface area contributed by atoms with E-state index in [-0.39, 0.29) is 11.9 Å². The normalized spacial score (nSPS) is 20.9. The third-order valence-corrected chi connectivity index (χ3v) is 2.83. The van der Waals surface area contributed by atoms with Crippen LogP contribution in [0.2, 0.25) is 0 Å². The number of nitrogens with two attached hydrogens (primary N) is 1. The van der Waals surface area contributed by atoms with Crippen LogP contribution in [0.15, 0.2) is 0 Å². The lowest BCUT2D eigenvalue weighted by Crippen LogP contribution is -2.53. The summed E-state index contributed by atoms with van der Waals surface area (Å²) in [4.78, 5) is 13.8. The molecule has 1 amide bonds. The van der Waals surface area contributed by atoms with Crippen molar-refractivity contribution in [3.8, 4) is 0 Å². The van der Waals surface area contributed by atoms with Gasteiger partial charge in [-0.15, -0.1) is 0 Å². The third-order valence-electron chi connectivity index (χ3n) is 2.83. The smallest absolute Gasteiger partial charge is 0.251 e. The Kier molecular flexibility index (Phi) is 4.35. The monoisotopic (exact) mass is 199 g/mol. The SMILES string of the molecule is CC(C)C(C(=O)NN)N1CCCCC1. The summed E-state index contributed by atoms with van der Waals surface area (Å²) in [6, 6.07) is -0.0553.